The van der Waals surface area contributed by atoms with Gasteiger partial charge in [0.1, 0.15) is 0 Å². The Balaban J connectivity index is 1.36. The van der Waals surface area contributed by atoms with Crippen LogP contribution in [0.1, 0.15) is 22.5 Å². The molecular weight excluding hydrogens is 544 g/mol. The first-order chi connectivity index (χ1) is 22.4. The molecule has 4 aromatic carbocycles. The van der Waals surface area contributed by atoms with E-state index in [1.807, 2.05) is 0 Å². The van der Waals surface area contributed by atoms with Crippen molar-refractivity contribution in [2.75, 3.05) is 0 Å². The molecule has 2 heteroatoms. The Labute approximate surface area is 263 Å². The van der Waals surface area contributed by atoms with Gasteiger partial charge in [-0.05, 0) is 46.5 Å². The highest BCUT2D eigenvalue weighted by molar-refractivity contribution is 6.14. The Kier molecular flexibility index (Phi) is 6.86. The minimum Gasteiger partial charge on any atom is -0.316 e. The molecule has 3 aromatic heterocycles. The van der Waals surface area contributed by atoms with Crippen molar-refractivity contribution >= 4 is 28.4 Å². The van der Waals surface area contributed by atoms with Crippen LogP contribution in [0.4, 0.5) is 0 Å². The third-order valence-corrected chi connectivity index (χ3v) is 8.52. The Morgan fingerprint density at radius 3 is 1.64 bits per heavy atom. The van der Waals surface area contributed by atoms with Crippen molar-refractivity contribution in [3.63, 3.8) is 0 Å². The predicted octanol–water partition coefficient (Wildman–Crippen LogP) is 10.1. The van der Waals surface area contributed by atoms with Gasteiger partial charge in [-0.3, -0.25) is 0 Å². The standard InChI is InChI=1S/C43H31N2/c1-5-18-32(19-6-1)40-36-26-13-15-30-44(36)38(42(40)34-22-9-3-10-23-34)28-17-29-39-43(35-24-11-4-12-25-35)41(33-20-7-2-8-21-33)37-27-14-16-31-45(37)39/h1-31H/q+1. The molecule has 8 rings (SSSR count). The van der Waals surface area contributed by atoms with Crippen molar-refractivity contribution in [1.82, 2.24) is 4.40 Å². The molecule has 0 aliphatic carbocycles. The summed E-state index contributed by atoms with van der Waals surface area (Å²) in [6.07, 6.45) is 11.1. The molecule has 0 spiro atoms. The summed E-state index contributed by atoms with van der Waals surface area (Å²) in [6, 6.07) is 55.9. The summed E-state index contributed by atoms with van der Waals surface area (Å²) >= 11 is 0. The highest BCUT2D eigenvalue weighted by atomic mass is 15.0. The fraction of sp³-hybridized carbons (Fsp3) is 0. The highest BCUT2D eigenvalue weighted by Gasteiger charge is 2.35. The van der Waals surface area contributed by atoms with E-state index >= 15 is 0 Å². The summed E-state index contributed by atoms with van der Waals surface area (Å²) in [5.41, 5.74) is 14.4. The van der Waals surface area contributed by atoms with Crippen molar-refractivity contribution in [2.45, 2.75) is 0 Å². The Morgan fingerprint density at radius 1 is 0.467 bits per heavy atom. The van der Waals surface area contributed by atoms with Crippen LogP contribution in [-0.4, -0.2) is 4.40 Å². The van der Waals surface area contributed by atoms with Gasteiger partial charge in [0.25, 0.3) is 0 Å². The molecule has 0 unspecified atom stereocenters. The van der Waals surface area contributed by atoms with Crippen molar-refractivity contribution in [3.8, 4) is 22.3 Å². The quantitative estimate of drug-likeness (QED) is 0.174. The summed E-state index contributed by atoms with van der Waals surface area (Å²) in [5, 5.41) is 0. The fourth-order valence-corrected chi connectivity index (χ4v) is 6.61. The molecule has 212 valence electrons. The number of pyridine rings is 2. The van der Waals surface area contributed by atoms with E-state index in [9.17, 15) is 0 Å². The molecule has 1 aliphatic heterocycles. The molecule has 0 saturated carbocycles. The lowest BCUT2D eigenvalue weighted by atomic mass is 9.93. The average Bonchev–Trinajstić information content (AvgIpc) is 3.63. The van der Waals surface area contributed by atoms with E-state index in [-0.39, 0.29) is 0 Å². The first kappa shape index (κ1) is 26.6. The smallest absolute Gasteiger partial charge is 0.219 e. The van der Waals surface area contributed by atoms with Gasteiger partial charge in [0.2, 0.25) is 11.4 Å². The molecule has 0 radical (unpaired) electrons. The lowest BCUT2D eigenvalue weighted by Crippen LogP contribution is -2.32. The van der Waals surface area contributed by atoms with Gasteiger partial charge in [-0.2, -0.15) is 4.57 Å². The molecule has 4 heterocycles. The maximum atomic E-state index is 2.32. The maximum absolute atomic E-state index is 2.32. The third kappa shape index (κ3) is 4.74. The number of aromatic nitrogens is 2. The van der Waals surface area contributed by atoms with E-state index in [1.54, 1.807) is 0 Å². The predicted molar refractivity (Wildman–Crippen MR) is 187 cm³/mol. The van der Waals surface area contributed by atoms with Gasteiger partial charge in [0, 0.05) is 35.5 Å². The number of hydrogen-bond donors (Lipinski definition) is 0. The number of benzene rings is 4. The summed E-state index contributed by atoms with van der Waals surface area (Å²) in [5.74, 6) is 0. The molecule has 0 saturated heterocycles. The Bertz CT molecular complexity index is 2220. The van der Waals surface area contributed by atoms with Crippen LogP contribution in [0, 0.1) is 0 Å². The lowest BCUT2D eigenvalue weighted by molar-refractivity contribution is -0.576. The molecule has 7 aromatic rings. The molecule has 2 nitrogen and oxygen atoms in total. The lowest BCUT2D eigenvalue weighted by Gasteiger charge is -2.07. The van der Waals surface area contributed by atoms with E-state index in [0.29, 0.717) is 0 Å². The van der Waals surface area contributed by atoms with Gasteiger partial charge >= 0.3 is 0 Å². The maximum Gasteiger partial charge on any atom is 0.219 e. The van der Waals surface area contributed by atoms with Gasteiger partial charge in [0.15, 0.2) is 6.20 Å². The van der Waals surface area contributed by atoms with E-state index in [2.05, 4.69) is 197 Å². The zero-order chi connectivity index (χ0) is 30.0. The molecule has 45 heavy (non-hydrogen) atoms. The topological polar surface area (TPSA) is 8.29 Å². The first-order valence-electron chi connectivity index (χ1n) is 15.4. The number of fused-ring (bicyclic) bond motifs is 2. The Morgan fingerprint density at radius 2 is 1.00 bits per heavy atom. The van der Waals surface area contributed by atoms with Crippen molar-refractivity contribution in [3.05, 3.63) is 205 Å². The summed E-state index contributed by atoms with van der Waals surface area (Å²) in [4.78, 5) is 0. The molecule has 0 amide bonds. The van der Waals surface area contributed by atoms with Gasteiger partial charge < -0.3 is 4.40 Å². The first-order valence-corrected chi connectivity index (χ1v) is 15.4. The van der Waals surface area contributed by atoms with E-state index < -0.39 is 0 Å². The van der Waals surface area contributed by atoms with Crippen molar-refractivity contribution in [2.24, 2.45) is 0 Å². The SMILES string of the molecule is C(=Cc1c(-c2ccccc2)c(-c2ccccc2)c2ccccn12)/C=C1\C(c2ccccc2)=C(c2ccccc2)c2cccc[n+]21. The van der Waals surface area contributed by atoms with Gasteiger partial charge in [-0.15, -0.1) is 0 Å². The summed E-state index contributed by atoms with van der Waals surface area (Å²) in [7, 11) is 0. The van der Waals surface area contributed by atoms with E-state index in [0.717, 1.165) is 11.4 Å². The van der Waals surface area contributed by atoms with E-state index in [4.69, 9.17) is 0 Å². The van der Waals surface area contributed by atoms with Crippen molar-refractivity contribution in [1.29, 1.82) is 0 Å². The van der Waals surface area contributed by atoms with Gasteiger partial charge in [0.05, 0.1) is 22.4 Å². The molecule has 1 aliphatic rings. The minimum absolute atomic E-state index is 1.15. The van der Waals surface area contributed by atoms with Crippen LogP contribution in [-0.2, 0) is 0 Å². The minimum atomic E-state index is 1.15. The van der Waals surface area contributed by atoms with Gasteiger partial charge in [-0.25, -0.2) is 0 Å². The number of allylic oxidation sites excluding steroid dienone is 4. The van der Waals surface area contributed by atoms with Crippen LogP contribution in [0.5, 0.6) is 0 Å². The van der Waals surface area contributed by atoms with Crippen LogP contribution in [0.25, 0.3) is 50.7 Å². The second-order valence-electron chi connectivity index (χ2n) is 11.2. The highest BCUT2D eigenvalue weighted by Crippen LogP contribution is 2.42. The monoisotopic (exact) mass is 575 g/mol. The van der Waals surface area contributed by atoms with Crippen LogP contribution >= 0.6 is 0 Å². The fourth-order valence-electron chi connectivity index (χ4n) is 6.61. The normalized spacial score (nSPS) is 13.6. The Hall–Kier alpha value is -5.99. The van der Waals surface area contributed by atoms with Crippen LogP contribution in [0.2, 0.25) is 0 Å². The van der Waals surface area contributed by atoms with Crippen molar-refractivity contribution < 1.29 is 4.57 Å². The molecule has 0 bridgehead atoms. The van der Waals surface area contributed by atoms with Gasteiger partial charge in [-0.1, -0.05) is 133 Å². The molecule has 0 N–H and O–H groups in total. The molecule has 0 fully saturated rings. The summed E-state index contributed by atoms with van der Waals surface area (Å²) in [6.45, 7) is 0. The van der Waals surface area contributed by atoms with Crippen LogP contribution < -0.4 is 4.57 Å². The van der Waals surface area contributed by atoms with Crippen LogP contribution in [0.3, 0.4) is 0 Å². The second kappa shape index (κ2) is 11.6. The number of rotatable bonds is 6. The number of nitrogens with zero attached hydrogens (tertiary/aromatic N) is 2. The zero-order valence-corrected chi connectivity index (χ0v) is 24.8. The van der Waals surface area contributed by atoms with E-state index in [1.165, 1.54) is 55.7 Å². The summed E-state index contributed by atoms with van der Waals surface area (Å²) < 4.78 is 4.64. The second-order valence-corrected chi connectivity index (χ2v) is 11.2. The average molecular weight is 576 g/mol. The third-order valence-electron chi connectivity index (χ3n) is 8.52. The number of hydrogen-bond acceptors (Lipinski definition) is 0. The zero-order valence-electron chi connectivity index (χ0n) is 24.8. The molecule has 0 atom stereocenters. The van der Waals surface area contributed by atoms with Crippen LogP contribution in [0.15, 0.2) is 182 Å². The largest absolute Gasteiger partial charge is 0.316 e. The molecular formula is C43H31N2+.